The SMILES string of the molecule is COc1cc(I)c(-c2cnc(C3C[C@@H]3C(=O)OC(C)(C)C)cn2)cc1C(=O)NC1C(C)CCC(C)C1C(=O)Nc1cccc(S(=O)(=O)C(C)(C)P)c1. The molecule has 0 radical (unpaired) electrons. The van der Waals surface area contributed by atoms with Crippen molar-refractivity contribution in [3.63, 3.8) is 0 Å². The highest BCUT2D eigenvalue weighted by molar-refractivity contribution is 14.1. The first-order valence-corrected chi connectivity index (χ1v) is 20.5. The molecule has 2 N–H and O–H groups in total. The molecule has 3 aromatic rings. The molecule has 11 nitrogen and oxygen atoms in total. The fourth-order valence-corrected chi connectivity index (χ4v) is 8.94. The number of hydrogen-bond donors (Lipinski definition) is 2. The van der Waals surface area contributed by atoms with Gasteiger partial charge in [-0.3, -0.25) is 24.4 Å². The number of nitrogens with zero attached hydrogens (tertiary/aromatic N) is 2. The van der Waals surface area contributed by atoms with Crippen LogP contribution in [0.5, 0.6) is 5.75 Å². The van der Waals surface area contributed by atoms with Crippen LogP contribution >= 0.6 is 31.8 Å². The number of nitrogens with one attached hydrogen (secondary N) is 2. The molecule has 2 saturated carbocycles. The average molecular weight is 863 g/mol. The monoisotopic (exact) mass is 862 g/mol. The topological polar surface area (TPSA) is 154 Å². The number of esters is 1. The first-order chi connectivity index (χ1) is 24.2. The molecule has 0 aliphatic heterocycles. The smallest absolute Gasteiger partial charge is 0.310 e. The van der Waals surface area contributed by atoms with Crippen LogP contribution in [-0.4, -0.2) is 59.4 Å². The molecular formula is C38H48IN4O7PS. The van der Waals surface area contributed by atoms with Crippen molar-refractivity contribution >= 4 is 65.1 Å². The van der Waals surface area contributed by atoms with Gasteiger partial charge in [-0.25, -0.2) is 8.42 Å². The number of aromatic nitrogens is 2. The van der Waals surface area contributed by atoms with E-state index in [1.807, 2.05) is 34.6 Å². The Morgan fingerprint density at radius 2 is 1.67 bits per heavy atom. The summed E-state index contributed by atoms with van der Waals surface area (Å²) >= 11 is 2.17. The standard InChI is InChI=1S/C38H48IN4O7PS/c1-20-12-13-21(2)33(32(20)35(45)42-22-10-9-11-23(14-22)52(47,48)38(6,7)51)43-34(44)27-16-26(28(39)17-31(27)49-8)30-19-40-29(18-41-30)24-15-25(24)36(46)50-37(3,4)5/h9-11,14,16-21,24-25,32-33H,12-13,15,51H2,1-8H3,(H,42,45)(H,43,44)/t20?,21?,24?,25-,32?,33?/m0/s1. The number of hydrogen-bond acceptors (Lipinski definition) is 9. The van der Waals surface area contributed by atoms with Gasteiger partial charge in [0.05, 0.1) is 51.5 Å². The van der Waals surface area contributed by atoms with Gasteiger partial charge in [-0.15, -0.1) is 9.24 Å². The van der Waals surface area contributed by atoms with Crippen LogP contribution in [-0.2, 0) is 24.2 Å². The third-order valence-electron chi connectivity index (χ3n) is 9.76. The number of benzene rings is 2. The van der Waals surface area contributed by atoms with Gasteiger partial charge in [0.15, 0.2) is 9.84 Å². The van der Waals surface area contributed by atoms with Crippen molar-refractivity contribution in [2.45, 2.75) is 94.7 Å². The third kappa shape index (κ3) is 8.79. The molecule has 6 unspecified atom stereocenters. The van der Waals surface area contributed by atoms with Crippen LogP contribution in [0.4, 0.5) is 5.69 Å². The van der Waals surface area contributed by atoms with E-state index in [0.29, 0.717) is 40.4 Å². The van der Waals surface area contributed by atoms with Crippen LogP contribution in [0.2, 0.25) is 0 Å². The lowest BCUT2D eigenvalue weighted by molar-refractivity contribution is -0.156. The van der Waals surface area contributed by atoms with Crippen molar-refractivity contribution in [2.24, 2.45) is 23.7 Å². The van der Waals surface area contributed by atoms with E-state index in [0.717, 1.165) is 16.4 Å². The van der Waals surface area contributed by atoms with E-state index in [4.69, 9.17) is 9.47 Å². The summed E-state index contributed by atoms with van der Waals surface area (Å²) < 4.78 is 37.1. The van der Waals surface area contributed by atoms with Crippen molar-refractivity contribution in [3.8, 4) is 17.0 Å². The molecule has 52 heavy (non-hydrogen) atoms. The number of methoxy groups -OCH3 is 1. The lowest BCUT2D eigenvalue weighted by Gasteiger charge is -2.40. The fourth-order valence-electron chi connectivity index (χ4n) is 6.67. The molecule has 280 valence electrons. The maximum absolute atomic E-state index is 14.1. The Balaban J connectivity index is 1.36. The minimum atomic E-state index is -3.67. The second kappa shape index (κ2) is 15.3. The summed E-state index contributed by atoms with van der Waals surface area (Å²) in [6.45, 7) is 12.8. The van der Waals surface area contributed by atoms with Crippen LogP contribution in [0, 0.1) is 27.2 Å². The number of sulfone groups is 1. The van der Waals surface area contributed by atoms with Gasteiger partial charge in [0.25, 0.3) is 5.91 Å². The summed E-state index contributed by atoms with van der Waals surface area (Å²) in [6.07, 6.45) is 5.60. The number of carbonyl (C=O) groups excluding carboxylic acids is 3. The Morgan fingerprint density at radius 3 is 2.29 bits per heavy atom. The van der Waals surface area contributed by atoms with Crippen molar-refractivity contribution in [1.29, 1.82) is 0 Å². The number of rotatable bonds is 10. The highest BCUT2D eigenvalue weighted by Gasteiger charge is 2.47. The summed E-state index contributed by atoms with van der Waals surface area (Å²) in [5.74, 6) is -1.46. The Labute approximate surface area is 322 Å². The van der Waals surface area contributed by atoms with Gasteiger partial charge in [0.1, 0.15) is 11.4 Å². The quantitative estimate of drug-likeness (QED) is 0.125. The Bertz CT molecular complexity index is 1960. The molecule has 7 atom stereocenters. The number of carbonyl (C=O) groups is 3. The summed E-state index contributed by atoms with van der Waals surface area (Å²) in [6, 6.07) is 9.26. The van der Waals surface area contributed by atoms with E-state index in [2.05, 4.69) is 52.4 Å². The molecule has 0 spiro atoms. The minimum Gasteiger partial charge on any atom is -0.496 e. The predicted octanol–water partition coefficient (Wildman–Crippen LogP) is 7.01. The Kier molecular flexibility index (Phi) is 11.8. The first kappa shape index (κ1) is 40.0. The van der Waals surface area contributed by atoms with Gasteiger partial charge in [-0.1, -0.05) is 19.9 Å². The number of halogens is 1. The maximum atomic E-state index is 14.1. The summed E-state index contributed by atoms with van der Waals surface area (Å²) in [5.41, 5.74) is 2.07. The van der Waals surface area contributed by atoms with E-state index in [-0.39, 0.29) is 40.4 Å². The maximum Gasteiger partial charge on any atom is 0.310 e. The minimum absolute atomic E-state index is 0.0137. The molecule has 5 rings (SSSR count). The zero-order valence-electron chi connectivity index (χ0n) is 30.8. The van der Waals surface area contributed by atoms with Gasteiger partial charge in [0.2, 0.25) is 5.91 Å². The third-order valence-corrected chi connectivity index (χ3v) is 13.8. The normalized spacial score (nSPS) is 23.3. The number of ether oxygens (including phenoxy) is 2. The highest BCUT2D eigenvalue weighted by Crippen LogP contribution is 2.48. The lowest BCUT2D eigenvalue weighted by Crippen LogP contribution is -2.53. The lowest BCUT2D eigenvalue weighted by atomic mass is 9.71. The van der Waals surface area contributed by atoms with Crippen LogP contribution in [0.25, 0.3) is 11.3 Å². The second-order valence-corrected chi connectivity index (χ2v) is 21.1. The van der Waals surface area contributed by atoms with E-state index in [9.17, 15) is 22.8 Å². The van der Waals surface area contributed by atoms with Crippen molar-refractivity contribution < 1.29 is 32.3 Å². The molecule has 2 aliphatic rings. The molecule has 14 heteroatoms. The average Bonchev–Trinajstić information content (AvgIpc) is 3.87. The van der Waals surface area contributed by atoms with Gasteiger partial charge >= 0.3 is 5.97 Å². The predicted molar refractivity (Wildman–Crippen MR) is 212 cm³/mol. The largest absolute Gasteiger partial charge is 0.496 e. The highest BCUT2D eigenvalue weighted by atomic mass is 127. The molecular weight excluding hydrogens is 814 g/mol. The van der Waals surface area contributed by atoms with E-state index < -0.39 is 37.8 Å². The zero-order valence-corrected chi connectivity index (χ0v) is 34.9. The number of anilines is 1. The number of amides is 2. The van der Waals surface area contributed by atoms with Crippen molar-refractivity contribution in [3.05, 3.63) is 63.6 Å². The van der Waals surface area contributed by atoms with Crippen molar-refractivity contribution in [1.82, 2.24) is 15.3 Å². The second-order valence-electron chi connectivity index (χ2n) is 15.5. The van der Waals surface area contributed by atoms with E-state index in [1.165, 1.54) is 19.2 Å². The molecule has 2 amide bonds. The van der Waals surface area contributed by atoms with E-state index in [1.54, 1.807) is 50.5 Å². The van der Waals surface area contributed by atoms with Crippen LogP contribution in [0.3, 0.4) is 0 Å². The molecule has 0 saturated heterocycles. The van der Waals surface area contributed by atoms with Gasteiger partial charge in [-0.05, 0) is 119 Å². The summed E-state index contributed by atoms with van der Waals surface area (Å²) in [4.78, 5) is 50.0. The summed E-state index contributed by atoms with van der Waals surface area (Å²) in [5, 5.41) is 6.10. The Hall–Kier alpha value is -3.16. The molecule has 2 fully saturated rings. The van der Waals surface area contributed by atoms with Gasteiger partial charge in [0, 0.05) is 33.0 Å². The Morgan fingerprint density at radius 1 is 0.981 bits per heavy atom. The van der Waals surface area contributed by atoms with Crippen LogP contribution < -0.4 is 15.4 Å². The molecule has 2 aliphatic carbocycles. The zero-order chi connectivity index (χ0) is 38.3. The molecule has 1 aromatic heterocycles. The molecule has 0 bridgehead atoms. The molecule has 2 aromatic carbocycles. The fraction of sp³-hybridized carbons (Fsp3) is 0.500. The van der Waals surface area contributed by atoms with E-state index >= 15 is 0 Å². The van der Waals surface area contributed by atoms with Crippen LogP contribution in [0.15, 0.2) is 53.7 Å². The van der Waals surface area contributed by atoms with Gasteiger partial charge in [-0.2, -0.15) is 0 Å². The van der Waals surface area contributed by atoms with Gasteiger partial charge < -0.3 is 20.1 Å². The molecule has 1 heterocycles. The first-order valence-electron chi connectivity index (χ1n) is 17.4. The van der Waals surface area contributed by atoms with Crippen LogP contribution in [0.1, 0.15) is 89.7 Å². The summed E-state index contributed by atoms with van der Waals surface area (Å²) in [7, 11) is 0.188. The van der Waals surface area contributed by atoms with Crippen molar-refractivity contribution in [2.75, 3.05) is 12.4 Å².